The minimum atomic E-state index is -4.32. The maximum absolute atomic E-state index is 13.1. The molecule has 0 aromatic heterocycles. The molecule has 2 nitrogen and oxygen atoms in total. The third-order valence-corrected chi connectivity index (χ3v) is 4.37. The van der Waals surface area contributed by atoms with Gasteiger partial charge in [-0.3, -0.25) is 4.90 Å². The van der Waals surface area contributed by atoms with Crippen LogP contribution < -0.4 is 5.73 Å². The normalized spacial score (nSPS) is 23.1. The predicted octanol–water partition coefficient (Wildman–Crippen LogP) is 4.06. The largest absolute Gasteiger partial charge is 0.416 e. The topological polar surface area (TPSA) is 29.3 Å². The molecular weight excluding hydrogens is 369 g/mol. The van der Waals surface area contributed by atoms with Crippen LogP contribution in [-0.4, -0.2) is 24.0 Å². The van der Waals surface area contributed by atoms with Gasteiger partial charge in [-0.2, -0.15) is 13.2 Å². The van der Waals surface area contributed by atoms with E-state index in [0.29, 0.717) is 29.0 Å². The van der Waals surface area contributed by atoms with Gasteiger partial charge in [0.25, 0.3) is 0 Å². The van der Waals surface area contributed by atoms with E-state index in [9.17, 15) is 13.2 Å². The van der Waals surface area contributed by atoms with E-state index in [4.69, 9.17) is 5.73 Å². The minimum Gasteiger partial charge on any atom is -0.330 e. The van der Waals surface area contributed by atoms with Gasteiger partial charge in [0.2, 0.25) is 0 Å². The first-order valence-electron chi connectivity index (χ1n) is 6.61. The van der Waals surface area contributed by atoms with Crippen LogP contribution in [0.4, 0.5) is 13.2 Å². The van der Waals surface area contributed by atoms with Crippen LogP contribution in [0, 0.1) is 5.92 Å². The molecule has 0 saturated carbocycles. The highest BCUT2D eigenvalue weighted by Gasteiger charge is 2.35. The zero-order valence-corrected chi connectivity index (χ0v) is 14.1. The van der Waals surface area contributed by atoms with Crippen LogP contribution in [0.5, 0.6) is 0 Å². The molecule has 2 unspecified atom stereocenters. The molecule has 2 atom stereocenters. The molecule has 21 heavy (non-hydrogen) atoms. The van der Waals surface area contributed by atoms with Crippen molar-refractivity contribution in [2.75, 3.05) is 13.1 Å². The fraction of sp³-hybridized carbons (Fsp3) is 0.571. The summed E-state index contributed by atoms with van der Waals surface area (Å²) in [7, 11) is 0. The summed E-state index contributed by atoms with van der Waals surface area (Å²) in [5.74, 6) is 0.384. The average Bonchev–Trinajstić information content (AvgIpc) is 2.71. The van der Waals surface area contributed by atoms with E-state index in [1.54, 1.807) is 12.1 Å². The molecule has 1 fully saturated rings. The van der Waals surface area contributed by atoms with E-state index in [1.807, 2.05) is 6.92 Å². The molecule has 0 spiro atoms. The first-order valence-corrected chi connectivity index (χ1v) is 7.40. The van der Waals surface area contributed by atoms with Gasteiger partial charge in [0, 0.05) is 23.6 Å². The number of halogens is 5. The molecule has 0 amide bonds. The molecule has 1 aliphatic rings. The molecule has 0 radical (unpaired) electrons. The van der Waals surface area contributed by atoms with Crippen molar-refractivity contribution in [1.82, 2.24) is 4.90 Å². The highest BCUT2D eigenvalue weighted by Crippen LogP contribution is 2.35. The number of rotatable bonds is 3. The summed E-state index contributed by atoms with van der Waals surface area (Å²) in [6.07, 6.45) is -3.37. The summed E-state index contributed by atoms with van der Waals surface area (Å²) in [4.78, 5) is 2.08. The van der Waals surface area contributed by atoms with Gasteiger partial charge in [-0.25, -0.2) is 0 Å². The van der Waals surface area contributed by atoms with Crippen molar-refractivity contribution in [1.29, 1.82) is 0 Å². The Morgan fingerprint density at radius 2 is 2.05 bits per heavy atom. The number of hydrogen-bond acceptors (Lipinski definition) is 2. The molecule has 7 heteroatoms. The molecule has 1 heterocycles. The number of likely N-dealkylation sites (tertiary alicyclic amines) is 1. The molecule has 0 bridgehead atoms. The number of hydrogen-bond donors (Lipinski definition) is 1. The zero-order valence-electron chi connectivity index (χ0n) is 11.7. The number of nitrogens with zero attached hydrogens (tertiary/aromatic N) is 1. The van der Waals surface area contributed by atoms with E-state index in [-0.39, 0.29) is 18.4 Å². The lowest BCUT2D eigenvalue weighted by Crippen LogP contribution is -2.28. The van der Waals surface area contributed by atoms with E-state index in [0.717, 1.165) is 19.0 Å². The van der Waals surface area contributed by atoms with Crippen molar-refractivity contribution >= 4 is 28.3 Å². The standard InChI is InChI=1S/C14H18BrF3N2.ClH/c1-9-4-10(6-19)7-20(9)8-11-2-3-12(15)5-13(11)14(16,17)18;/h2-3,5,9-10H,4,6-8,19H2,1H3;1H. The predicted molar refractivity (Wildman–Crippen MR) is 83.4 cm³/mol. The van der Waals surface area contributed by atoms with Crippen LogP contribution in [0.15, 0.2) is 22.7 Å². The number of nitrogens with two attached hydrogens (primary N) is 1. The zero-order chi connectivity index (χ0) is 14.9. The van der Waals surface area contributed by atoms with Crippen molar-refractivity contribution in [3.8, 4) is 0 Å². The Labute approximate surface area is 137 Å². The quantitative estimate of drug-likeness (QED) is 0.847. The summed E-state index contributed by atoms with van der Waals surface area (Å²) in [5, 5.41) is 0. The Bertz CT molecular complexity index is 482. The summed E-state index contributed by atoms with van der Waals surface area (Å²) >= 11 is 3.10. The Hall–Kier alpha value is -0.300. The van der Waals surface area contributed by atoms with Gasteiger partial charge in [-0.1, -0.05) is 22.0 Å². The summed E-state index contributed by atoms with van der Waals surface area (Å²) in [6, 6.07) is 4.63. The summed E-state index contributed by atoms with van der Waals surface area (Å²) < 4.78 is 39.7. The number of benzene rings is 1. The molecule has 1 aromatic carbocycles. The van der Waals surface area contributed by atoms with Gasteiger partial charge in [0.1, 0.15) is 0 Å². The van der Waals surface area contributed by atoms with Gasteiger partial charge in [-0.05, 0) is 43.5 Å². The van der Waals surface area contributed by atoms with Gasteiger partial charge >= 0.3 is 6.18 Å². The molecular formula is C14H19BrClF3N2. The molecule has 1 aromatic rings. The van der Waals surface area contributed by atoms with Crippen molar-refractivity contribution in [2.45, 2.75) is 32.1 Å². The van der Waals surface area contributed by atoms with Crippen molar-refractivity contribution < 1.29 is 13.2 Å². The second-order valence-corrected chi connectivity index (χ2v) is 6.33. The van der Waals surface area contributed by atoms with Crippen LogP contribution >= 0.6 is 28.3 Å². The highest BCUT2D eigenvalue weighted by molar-refractivity contribution is 9.10. The van der Waals surface area contributed by atoms with Crippen LogP contribution in [0.2, 0.25) is 0 Å². The van der Waals surface area contributed by atoms with Crippen molar-refractivity contribution in [3.63, 3.8) is 0 Å². The highest BCUT2D eigenvalue weighted by atomic mass is 79.9. The van der Waals surface area contributed by atoms with E-state index in [1.165, 1.54) is 0 Å². The maximum atomic E-state index is 13.1. The van der Waals surface area contributed by atoms with Crippen LogP contribution in [0.3, 0.4) is 0 Å². The molecule has 1 aliphatic heterocycles. The van der Waals surface area contributed by atoms with Gasteiger partial charge in [0.05, 0.1) is 5.56 Å². The minimum absolute atomic E-state index is 0. The first-order chi connectivity index (χ1) is 9.31. The lowest BCUT2D eigenvalue weighted by Gasteiger charge is -2.23. The number of alkyl halides is 3. The van der Waals surface area contributed by atoms with Crippen LogP contribution in [0.25, 0.3) is 0 Å². The lowest BCUT2D eigenvalue weighted by atomic mass is 10.1. The van der Waals surface area contributed by atoms with E-state index >= 15 is 0 Å². The molecule has 1 saturated heterocycles. The second kappa shape index (κ2) is 7.31. The molecule has 2 rings (SSSR count). The third kappa shape index (κ3) is 4.58. The third-order valence-electron chi connectivity index (χ3n) is 3.87. The maximum Gasteiger partial charge on any atom is 0.416 e. The Morgan fingerprint density at radius 3 is 2.57 bits per heavy atom. The lowest BCUT2D eigenvalue weighted by molar-refractivity contribution is -0.138. The molecule has 2 N–H and O–H groups in total. The smallest absolute Gasteiger partial charge is 0.330 e. The van der Waals surface area contributed by atoms with E-state index < -0.39 is 11.7 Å². The molecule has 120 valence electrons. The molecule has 0 aliphatic carbocycles. The fourth-order valence-corrected chi connectivity index (χ4v) is 3.14. The Balaban J connectivity index is 0.00000220. The van der Waals surface area contributed by atoms with Crippen molar-refractivity contribution in [2.24, 2.45) is 11.7 Å². The van der Waals surface area contributed by atoms with E-state index in [2.05, 4.69) is 20.8 Å². The summed E-state index contributed by atoms with van der Waals surface area (Å²) in [6.45, 7) is 3.72. The first kappa shape index (κ1) is 18.7. The average molecular weight is 388 g/mol. The monoisotopic (exact) mass is 386 g/mol. The van der Waals surface area contributed by atoms with Gasteiger partial charge in [-0.15, -0.1) is 12.4 Å². The van der Waals surface area contributed by atoms with Crippen LogP contribution in [-0.2, 0) is 12.7 Å². The van der Waals surface area contributed by atoms with Gasteiger partial charge in [0.15, 0.2) is 0 Å². The summed E-state index contributed by atoms with van der Waals surface area (Å²) in [5.41, 5.74) is 5.42. The van der Waals surface area contributed by atoms with Gasteiger partial charge < -0.3 is 5.73 Å². The van der Waals surface area contributed by atoms with Crippen LogP contribution in [0.1, 0.15) is 24.5 Å². The Morgan fingerprint density at radius 1 is 1.38 bits per heavy atom. The Kier molecular flexibility index (Phi) is 6.53. The fourth-order valence-electron chi connectivity index (χ4n) is 2.78. The second-order valence-electron chi connectivity index (χ2n) is 5.42. The van der Waals surface area contributed by atoms with Crippen molar-refractivity contribution in [3.05, 3.63) is 33.8 Å². The SMILES string of the molecule is CC1CC(CN)CN1Cc1ccc(Br)cc1C(F)(F)F.Cl.